The number of hydrogen-bond donors (Lipinski definition) is 6. The van der Waals surface area contributed by atoms with Gasteiger partial charge >= 0.3 is 5.97 Å². The van der Waals surface area contributed by atoms with E-state index in [9.17, 15) is 4.79 Å². The fourth-order valence-corrected chi connectivity index (χ4v) is 3.15. The second-order valence-electron chi connectivity index (χ2n) is 9.10. The average molecular weight is 605 g/mol. The molecule has 0 aliphatic carbocycles. The van der Waals surface area contributed by atoms with Crippen LogP contribution in [0.5, 0.6) is 23.0 Å². The summed E-state index contributed by atoms with van der Waals surface area (Å²) in [6, 6.07) is 23.6. The first-order valence-electron chi connectivity index (χ1n) is 13.9. The molecule has 0 bridgehead atoms. The van der Waals surface area contributed by atoms with Crippen LogP contribution in [0, 0.1) is 13.8 Å². The van der Waals surface area contributed by atoms with Crippen LogP contribution in [-0.4, -0.2) is 35.5 Å². The SMILES string of the molecule is C=CC(=O)OC(COc1ccc(N)cc1)COc1ccc(N)cc1.CC.Cc1cc(O)ccc1N.Cc1cc(O)ccc1N. The van der Waals surface area contributed by atoms with Crippen molar-refractivity contribution in [3.63, 3.8) is 0 Å². The quantitative estimate of drug-likeness (QED) is 0.0602. The first kappa shape index (κ1) is 36.5. The number of nitrogen functional groups attached to an aromatic ring is 4. The van der Waals surface area contributed by atoms with Gasteiger partial charge in [0.2, 0.25) is 0 Å². The highest BCUT2D eigenvalue weighted by atomic mass is 16.6. The van der Waals surface area contributed by atoms with E-state index in [1.165, 1.54) is 0 Å². The maximum absolute atomic E-state index is 11.4. The Bertz CT molecular complexity index is 1330. The maximum atomic E-state index is 11.4. The number of carbonyl (C=O) groups excluding carboxylic acids is 1. The van der Waals surface area contributed by atoms with Crippen molar-refractivity contribution in [2.75, 3.05) is 36.1 Å². The second-order valence-corrected chi connectivity index (χ2v) is 9.10. The molecule has 10 nitrogen and oxygen atoms in total. The molecule has 0 fully saturated rings. The standard InChI is InChI=1S/C18H20N2O4.2C7H9NO.C2H6/c1-2-18(21)24-17(11-22-15-7-3-13(19)4-8-15)12-23-16-9-5-14(20)6-10-16;2*1-5-4-6(9)2-3-7(5)8;1-2/h2-10,17H,1,11-12,19-20H2;2*2-4,9H,8H2,1H3;1-2H3. The highest BCUT2D eigenvalue weighted by molar-refractivity contribution is 5.81. The molecule has 4 rings (SSSR count). The number of benzene rings is 4. The number of carbonyl (C=O) groups is 1. The monoisotopic (exact) mass is 604 g/mol. The fraction of sp³-hybridized carbons (Fsp3) is 0.206. The van der Waals surface area contributed by atoms with Gasteiger partial charge in [-0.1, -0.05) is 20.4 Å². The van der Waals surface area contributed by atoms with Crippen molar-refractivity contribution in [2.24, 2.45) is 0 Å². The van der Waals surface area contributed by atoms with Crippen LogP contribution in [-0.2, 0) is 9.53 Å². The van der Waals surface area contributed by atoms with Crippen molar-refractivity contribution in [3.8, 4) is 23.0 Å². The van der Waals surface area contributed by atoms with Crippen LogP contribution in [0.1, 0.15) is 25.0 Å². The zero-order chi connectivity index (χ0) is 33.1. The third kappa shape index (κ3) is 14.4. The largest absolute Gasteiger partial charge is 0.508 e. The van der Waals surface area contributed by atoms with Crippen LogP contribution >= 0.6 is 0 Å². The lowest BCUT2D eigenvalue weighted by atomic mass is 10.2. The van der Waals surface area contributed by atoms with Gasteiger partial charge in [0, 0.05) is 28.8 Å². The van der Waals surface area contributed by atoms with E-state index in [1.807, 2.05) is 27.7 Å². The third-order valence-corrected chi connectivity index (χ3v) is 5.59. The molecule has 0 saturated heterocycles. The topological polar surface area (TPSA) is 189 Å². The van der Waals surface area contributed by atoms with Crippen molar-refractivity contribution < 1.29 is 29.2 Å². The van der Waals surface area contributed by atoms with Crippen LogP contribution in [0.25, 0.3) is 0 Å². The predicted molar refractivity (Wildman–Crippen MR) is 179 cm³/mol. The Morgan fingerprint density at radius 3 is 1.36 bits per heavy atom. The van der Waals surface area contributed by atoms with E-state index < -0.39 is 12.1 Å². The van der Waals surface area contributed by atoms with Gasteiger partial charge in [0.05, 0.1) is 0 Å². The molecule has 236 valence electrons. The fourth-order valence-electron chi connectivity index (χ4n) is 3.15. The lowest BCUT2D eigenvalue weighted by molar-refractivity contribution is -0.146. The number of phenols is 2. The van der Waals surface area contributed by atoms with Crippen LogP contribution in [0.3, 0.4) is 0 Å². The Balaban J connectivity index is 0.000000393. The minimum absolute atomic E-state index is 0.137. The van der Waals surface area contributed by atoms with Gasteiger partial charge in [-0.15, -0.1) is 0 Å². The number of nitrogens with two attached hydrogens (primary N) is 4. The Morgan fingerprint density at radius 2 is 1.07 bits per heavy atom. The van der Waals surface area contributed by atoms with Gasteiger partial charge < -0.3 is 47.4 Å². The van der Waals surface area contributed by atoms with Crippen molar-refractivity contribution in [3.05, 3.63) is 109 Å². The van der Waals surface area contributed by atoms with Gasteiger partial charge in [0.15, 0.2) is 6.10 Å². The number of hydrogen-bond acceptors (Lipinski definition) is 10. The van der Waals surface area contributed by atoms with E-state index >= 15 is 0 Å². The molecule has 0 heterocycles. The second kappa shape index (κ2) is 19.6. The maximum Gasteiger partial charge on any atom is 0.330 e. The molecule has 0 aliphatic rings. The summed E-state index contributed by atoms with van der Waals surface area (Å²) in [6.07, 6.45) is 0.505. The van der Waals surface area contributed by atoms with Gasteiger partial charge in [-0.2, -0.15) is 0 Å². The highest BCUT2D eigenvalue weighted by Crippen LogP contribution is 2.18. The van der Waals surface area contributed by atoms with E-state index in [0.717, 1.165) is 17.2 Å². The number of ether oxygens (including phenoxy) is 3. The molecule has 0 aromatic heterocycles. The normalized spacial score (nSPS) is 9.57. The summed E-state index contributed by atoms with van der Waals surface area (Å²) in [5.74, 6) is 1.23. The molecule has 10 N–H and O–H groups in total. The Morgan fingerprint density at radius 1 is 0.705 bits per heavy atom. The number of aromatic hydroxyl groups is 2. The first-order valence-corrected chi connectivity index (χ1v) is 13.9. The summed E-state index contributed by atoms with van der Waals surface area (Å²) in [4.78, 5) is 11.4. The molecule has 0 amide bonds. The molecule has 10 heteroatoms. The zero-order valence-electron chi connectivity index (χ0n) is 25.7. The third-order valence-electron chi connectivity index (χ3n) is 5.59. The molecule has 0 atom stereocenters. The molecule has 0 spiro atoms. The summed E-state index contributed by atoms with van der Waals surface area (Å²) in [7, 11) is 0. The molecule has 0 aliphatic heterocycles. The average Bonchev–Trinajstić information content (AvgIpc) is 3.01. The van der Waals surface area contributed by atoms with E-state index in [-0.39, 0.29) is 24.7 Å². The highest BCUT2D eigenvalue weighted by Gasteiger charge is 2.15. The van der Waals surface area contributed by atoms with Crippen LogP contribution < -0.4 is 32.4 Å². The van der Waals surface area contributed by atoms with E-state index in [4.69, 9.17) is 47.4 Å². The van der Waals surface area contributed by atoms with Crippen LogP contribution in [0.4, 0.5) is 22.7 Å². The van der Waals surface area contributed by atoms with Gasteiger partial charge in [-0.05, 0) is 110 Å². The summed E-state index contributed by atoms with van der Waals surface area (Å²) in [5.41, 5.74) is 26.7. The summed E-state index contributed by atoms with van der Waals surface area (Å²) < 4.78 is 16.5. The lowest BCUT2D eigenvalue weighted by Gasteiger charge is -2.18. The Hall–Kier alpha value is -5.51. The van der Waals surface area contributed by atoms with Crippen molar-refractivity contribution in [2.45, 2.75) is 33.8 Å². The summed E-state index contributed by atoms with van der Waals surface area (Å²) in [6.45, 7) is 11.4. The molecule has 4 aromatic rings. The zero-order valence-corrected chi connectivity index (χ0v) is 25.7. The molecule has 0 saturated carbocycles. The smallest absolute Gasteiger partial charge is 0.330 e. The van der Waals surface area contributed by atoms with E-state index in [1.54, 1.807) is 84.9 Å². The molecule has 0 unspecified atom stereocenters. The Kier molecular flexibility index (Phi) is 16.3. The number of aryl methyl sites for hydroxylation is 2. The van der Waals surface area contributed by atoms with Gasteiger partial charge in [-0.3, -0.25) is 0 Å². The first-order chi connectivity index (χ1) is 21.0. The van der Waals surface area contributed by atoms with Gasteiger partial charge in [0.25, 0.3) is 0 Å². The summed E-state index contributed by atoms with van der Waals surface area (Å²) in [5, 5.41) is 17.8. The Labute approximate surface area is 259 Å². The van der Waals surface area contributed by atoms with Crippen LogP contribution in [0.2, 0.25) is 0 Å². The number of rotatable bonds is 8. The molecule has 0 radical (unpaired) electrons. The summed E-state index contributed by atoms with van der Waals surface area (Å²) >= 11 is 0. The number of esters is 1. The number of anilines is 4. The predicted octanol–water partition coefficient (Wildman–Crippen LogP) is 6.00. The molecular formula is C34H44N4O6. The molecule has 4 aromatic carbocycles. The van der Waals surface area contributed by atoms with Crippen molar-refractivity contribution >= 4 is 28.7 Å². The van der Waals surface area contributed by atoms with E-state index in [2.05, 4.69) is 6.58 Å². The van der Waals surface area contributed by atoms with Crippen molar-refractivity contribution in [1.29, 1.82) is 0 Å². The van der Waals surface area contributed by atoms with Crippen LogP contribution in [0.15, 0.2) is 97.6 Å². The molecule has 44 heavy (non-hydrogen) atoms. The van der Waals surface area contributed by atoms with Crippen molar-refractivity contribution in [1.82, 2.24) is 0 Å². The van der Waals surface area contributed by atoms with Gasteiger partial charge in [0.1, 0.15) is 36.2 Å². The lowest BCUT2D eigenvalue weighted by Crippen LogP contribution is -2.30. The number of phenolic OH excluding ortho intramolecular Hbond substituents is 2. The van der Waals surface area contributed by atoms with Gasteiger partial charge in [-0.25, -0.2) is 4.79 Å². The minimum Gasteiger partial charge on any atom is -0.508 e. The van der Waals surface area contributed by atoms with E-state index in [0.29, 0.717) is 34.2 Å². The molecular weight excluding hydrogens is 560 g/mol. The minimum atomic E-state index is -0.592.